The summed E-state index contributed by atoms with van der Waals surface area (Å²) in [4.78, 5) is 80.7. The van der Waals surface area contributed by atoms with E-state index in [0.717, 1.165) is 0 Å². The first-order valence-corrected chi connectivity index (χ1v) is 17.6. The quantitative estimate of drug-likeness (QED) is 0.129. The van der Waals surface area contributed by atoms with Gasteiger partial charge in [-0.1, -0.05) is 0 Å². The van der Waals surface area contributed by atoms with Crippen LogP contribution in [0.15, 0.2) is 0 Å². The van der Waals surface area contributed by atoms with E-state index in [1.165, 1.54) is 9.80 Å². The van der Waals surface area contributed by atoms with Crippen molar-refractivity contribution < 1.29 is 57.4 Å². The molecule has 1 aliphatic heterocycles. The summed E-state index contributed by atoms with van der Waals surface area (Å²) in [5, 5.41) is 0. The molecule has 204 valence electrons. The Bertz CT molecular complexity index is 745. The molecule has 0 amide bonds. The molecule has 1 heterocycles. The van der Waals surface area contributed by atoms with Gasteiger partial charge in [-0.15, -0.1) is 0 Å². The molecule has 0 bridgehead atoms. The molecule has 0 aromatic rings. The maximum absolute atomic E-state index is 11.5. The van der Waals surface area contributed by atoms with Gasteiger partial charge in [-0.05, 0) is 0 Å². The van der Waals surface area contributed by atoms with Crippen molar-refractivity contribution in [3.8, 4) is 0 Å². The summed E-state index contributed by atoms with van der Waals surface area (Å²) in [6.45, 7) is 1.30. The molecule has 1 saturated heterocycles. The zero-order valence-electron chi connectivity index (χ0n) is 18.7. The van der Waals surface area contributed by atoms with Crippen molar-refractivity contribution in [2.45, 2.75) is 0 Å². The summed E-state index contributed by atoms with van der Waals surface area (Å²) in [7, 11) is -17.5. The first kappa shape index (κ1) is 32.5. The van der Waals surface area contributed by atoms with Crippen LogP contribution in [0.2, 0.25) is 0 Å². The Morgan fingerprint density at radius 2 is 0.647 bits per heavy atom. The van der Waals surface area contributed by atoms with E-state index < -0.39 is 55.3 Å². The molecular weight excluding hydrogens is 540 g/mol. The van der Waals surface area contributed by atoms with Crippen LogP contribution >= 0.6 is 30.4 Å². The largest absolute Gasteiger partial charge is 0.339 e. The van der Waals surface area contributed by atoms with E-state index >= 15 is 0 Å². The van der Waals surface area contributed by atoms with Gasteiger partial charge in [0.15, 0.2) is 0 Å². The van der Waals surface area contributed by atoms with Crippen molar-refractivity contribution in [2.24, 2.45) is 0 Å². The highest BCUT2D eigenvalue weighted by Crippen LogP contribution is 2.37. The van der Waals surface area contributed by atoms with Gasteiger partial charge in [0.25, 0.3) is 0 Å². The van der Waals surface area contributed by atoms with Gasteiger partial charge in [0.2, 0.25) is 0 Å². The fourth-order valence-electron chi connectivity index (χ4n) is 3.37. The Kier molecular flexibility index (Phi) is 13.2. The smallest absolute Gasteiger partial charge is 0.324 e. The normalized spacial score (nSPS) is 20.7. The highest BCUT2D eigenvalue weighted by Gasteiger charge is 2.26. The SMILES string of the molecule is O=P(O)(O)CCN1CCN(CCP(=O)(O)O)CCN(CP(=O)(O)O)CCN(CP(=O)(O)O)CC1. The Labute approximate surface area is 198 Å². The molecule has 16 nitrogen and oxygen atoms in total. The molecule has 0 atom stereocenters. The van der Waals surface area contributed by atoms with Gasteiger partial charge in [-0.3, -0.25) is 28.1 Å². The molecule has 0 unspecified atom stereocenters. The molecule has 1 rings (SSSR count). The molecule has 20 heteroatoms. The lowest BCUT2D eigenvalue weighted by atomic mass is 10.3. The zero-order chi connectivity index (χ0) is 26.2. The van der Waals surface area contributed by atoms with Gasteiger partial charge in [0, 0.05) is 65.4 Å². The van der Waals surface area contributed by atoms with Crippen molar-refractivity contribution in [2.75, 3.05) is 90.3 Å². The van der Waals surface area contributed by atoms with E-state index in [0.29, 0.717) is 0 Å². The molecule has 0 radical (unpaired) electrons. The van der Waals surface area contributed by atoms with Crippen molar-refractivity contribution >= 4 is 30.4 Å². The van der Waals surface area contributed by atoms with Crippen LogP contribution in [0, 0.1) is 0 Å². The minimum atomic E-state index is -4.44. The summed E-state index contributed by atoms with van der Waals surface area (Å²) in [5.74, 6) is 0. The van der Waals surface area contributed by atoms with E-state index in [2.05, 4.69) is 0 Å². The van der Waals surface area contributed by atoms with Crippen LogP contribution in [0.4, 0.5) is 0 Å². The Morgan fingerprint density at radius 1 is 0.412 bits per heavy atom. The van der Waals surface area contributed by atoms with E-state index in [9.17, 15) is 57.4 Å². The lowest BCUT2D eigenvalue weighted by Crippen LogP contribution is -2.47. The molecular formula is C14H36N4O12P4. The van der Waals surface area contributed by atoms with Crippen molar-refractivity contribution in [1.29, 1.82) is 0 Å². The minimum Gasteiger partial charge on any atom is -0.324 e. The fraction of sp³-hybridized carbons (Fsp3) is 1.00. The van der Waals surface area contributed by atoms with Crippen molar-refractivity contribution in [3.63, 3.8) is 0 Å². The second-order valence-corrected chi connectivity index (χ2v) is 15.1. The molecule has 0 spiro atoms. The molecule has 0 aliphatic carbocycles. The maximum Gasteiger partial charge on any atom is 0.339 e. The average molecular weight is 576 g/mol. The van der Waals surface area contributed by atoms with Gasteiger partial charge < -0.3 is 48.9 Å². The second-order valence-electron chi connectivity index (χ2n) is 8.31. The van der Waals surface area contributed by atoms with Crippen LogP contribution in [0.3, 0.4) is 0 Å². The number of hydrogen-bond donors (Lipinski definition) is 8. The van der Waals surface area contributed by atoms with Gasteiger partial charge >= 0.3 is 30.4 Å². The van der Waals surface area contributed by atoms with Gasteiger partial charge in [0.1, 0.15) is 12.6 Å². The van der Waals surface area contributed by atoms with Crippen molar-refractivity contribution in [3.05, 3.63) is 0 Å². The monoisotopic (exact) mass is 576 g/mol. The van der Waals surface area contributed by atoms with Crippen LogP contribution in [-0.4, -0.2) is 149 Å². The first-order valence-electron chi connectivity index (χ1n) is 10.4. The first-order chi connectivity index (χ1) is 15.3. The third-order valence-electron chi connectivity index (χ3n) is 5.11. The van der Waals surface area contributed by atoms with Crippen LogP contribution in [0.25, 0.3) is 0 Å². The van der Waals surface area contributed by atoms with Crippen LogP contribution in [0.1, 0.15) is 0 Å². The molecule has 1 fully saturated rings. The Balaban J connectivity index is 3.05. The summed E-state index contributed by atoms with van der Waals surface area (Å²) < 4.78 is 45.7. The lowest BCUT2D eigenvalue weighted by Gasteiger charge is -2.34. The summed E-state index contributed by atoms with van der Waals surface area (Å²) in [5.41, 5.74) is 0. The molecule has 0 aromatic carbocycles. The van der Waals surface area contributed by atoms with E-state index in [1.807, 2.05) is 0 Å². The highest BCUT2D eigenvalue weighted by atomic mass is 31.2. The summed E-state index contributed by atoms with van der Waals surface area (Å²) in [6.07, 6.45) is -2.02. The van der Waals surface area contributed by atoms with Crippen LogP contribution < -0.4 is 0 Å². The third kappa shape index (κ3) is 17.8. The van der Waals surface area contributed by atoms with Crippen LogP contribution in [0.5, 0.6) is 0 Å². The van der Waals surface area contributed by atoms with Gasteiger partial charge in [-0.25, -0.2) is 0 Å². The molecule has 8 N–H and O–H groups in total. The minimum absolute atomic E-state index is 0.00466. The fourth-order valence-corrected chi connectivity index (χ4v) is 6.07. The zero-order valence-corrected chi connectivity index (χ0v) is 22.3. The third-order valence-corrected chi connectivity index (χ3v) is 8.22. The van der Waals surface area contributed by atoms with Gasteiger partial charge in [-0.2, -0.15) is 0 Å². The highest BCUT2D eigenvalue weighted by molar-refractivity contribution is 7.52. The lowest BCUT2D eigenvalue weighted by molar-refractivity contribution is 0.145. The Morgan fingerprint density at radius 3 is 0.853 bits per heavy atom. The Hall–Kier alpha value is 0.440. The van der Waals surface area contributed by atoms with E-state index in [4.69, 9.17) is 0 Å². The summed E-state index contributed by atoms with van der Waals surface area (Å²) in [6, 6.07) is 0. The van der Waals surface area contributed by atoms with E-state index in [1.54, 1.807) is 9.80 Å². The molecule has 34 heavy (non-hydrogen) atoms. The molecule has 0 aromatic heterocycles. The number of hydrogen-bond acceptors (Lipinski definition) is 8. The van der Waals surface area contributed by atoms with Crippen molar-refractivity contribution in [1.82, 2.24) is 19.6 Å². The molecule has 0 saturated carbocycles. The predicted molar refractivity (Wildman–Crippen MR) is 124 cm³/mol. The number of nitrogens with zero attached hydrogens (tertiary/aromatic N) is 4. The second kappa shape index (κ2) is 13.8. The van der Waals surface area contributed by atoms with Crippen LogP contribution in [-0.2, 0) is 18.3 Å². The average Bonchev–Trinajstić information content (AvgIpc) is 2.61. The molecule has 1 aliphatic rings. The maximum atomic E-state index is 11.5. The number of rotatable bonds is 10. The predicted octanol–water partition coefficient (Wildman–Crippen LogP) is -2.17. The van der Waals surface area contributed by atoms with Gasteiger partial charge in [0.05, 0.1) is 12.3 Å². The summed E-state index contributed by atoms with van der Waals surface area (Å²) >= 11 is 0. The standard InChI is InChI=1S/C14H36N4O12P4/c19-31(20,21)11-9-15-1-2-16(10-12-32(22,23)24)4-6-18(14-34(28,29)30)8-7-17(5-3-15)13-33(25,26)27/h1-14H2,(H2,19,20,21)(H2,22,23,24)(H2,25,26,27)(H2,28,29,30). The van der Waals surface area contributed by atoms with E-state index in [-0.39, 0.29) is 65.4 Å². The topological polar surface area (TPSA) is 243 Å².